The molecule has 0 aliphatic heterocycles. The molecule has 0 saturated heterocycles. The first-order valence-corrected chi connectivity index (χ1v) is 9.56. The first kappa shape index (κ1) is 15.2. The van der Waals surface area contributed by atoms with E-state index in [0.717, 1.165) is 0 Å². The highest BCUT2D eigenvalue weighted by Crippen LogP contribution is 2.80. The smallest absolute Gasteiger partial charge is 0.317 e. The maximum atomic E-state index is 11.7. The van der Waals surface area contributed by atoms with Gasteiger partial charge in [-0.05, 0) is 23.6 Å². The van der Waals surface area contributed by atoms with Crippen LogP contribution in [0.4, 0.5) is 5.69 Å². The molecular formula is C10H16NO5PS. The molecule has 18 heavy (non-hydrogen) atoms. The SMILES string of the molecule is CCS(CC)(c1ccc([N+](=O)[O-])cc1)P(=O)(O)O. The van der Waals surface area contributed by atoms with Gasteiger partial charge in [0.1, 0.15) is 0 Å². The maximum Gasteiger partial charge on any atom is 0.370 e. The molecule has 0 radical (unpaired) electrons. The van der Waals surface area contributed by atoms with Crippen molar-refractivity contribution in [2.24, 2.45) is 0 Å². The third-order valence-electron chi connectivity index (χ3n) is 2.90. The number of nitro groups is 1. The molecule has 0 fully saturated rings. The zero-order chi connectivity index (χ0) is 14.0. The van der Waals surface area contributed by atoms with Crippen molar-refractivity contribution < 1.29 is 19.3 Å². The van der Waals surface area contributed by atoms with Crippen molar-refractivity contribution in [2.45, 2.75) is 18.7 Å². The second kappa shape index (κ2) is 5.40. The van der Waals surface area contributed by atoms with Crippen molar-refractivity contribution in [3.63, 3.8) is 0 Å². The molecule has 0 atom stereocenters. The molecule has 6 nitrogen and oxygen atoms in total. The Labute approximate surface area is 106 Å². The van der Waals surface area contributed by atoms with Gasteiger partial charge in [0.2, 0.25) is 0 Å². The Hall–Kier alpha value is -0.880. The van der Waals surface area contributed by atoms with Gasteiger partial charge in [0.15, 0.2) is 0 Å². The second-order valence-electron chi connectivity index (χ2n) is 3.66. The Bertz CT molecular complexity index is 480. The molecule has 0 amide bonds. The molecule has 1 rings (SSSR count). The predicted octanol–water partition coefficient (Wildman–Crippen LogP) is 2.89. The summed E-state index contributed by atoms with van der Waals surface area (Å²) in [5.41, 5.74) is -0.0787. The Morgan fingerprint density at radius 2 is 1.67 bits per heavy atom. The van der Waals surface area contributed by atoms with E-state index in [4.69, 9.17) is 0 Å². The molecule has 0 aliphatic rings. The molecule has 0 heterocycles. The summed E-state index contributed by atoms with van der Waals surface area (Å²) in [6.07, 6.45) is 0. The van der Waals surface area contributed by atoms with Gasteiger partial charge in [-0.15, -0.1) is 9.65 Å². The molecular weight excluding hydrogens is 277 g/mol. The van der Waals surface area contributed by atoms with Gasteiger partial charge >= 0.3 is 6.80 Å². The monoisotopic (exact) mass is 293 g/mol. The van der Waals surface area contributed by atoms with Crippen molar-refractivity contribution in [1.82, 2.24) is 0 Å². The van der Waals surface area contributed by atoms with Gasteiger partial charge in [-0.25, -0.2) is 4.57 Å². The van der Waals surface area contributed by atoms with Crippen LogP contribution in [-0.2, 0) is 4.57 Å². The highest BCUT2D eigenvalue weighted by Gasteiger charge is 2.40. The third kappa shape index (κ3) is 2.59. The van der Waals surface area contributed by atoms with Gasteiger partial charge in [0.25, 0.3) is 5.69 Å². The van der Waals surface area contributed by atoms with Crippen LogP contribution in [0.1, 0.15) is 13.8 Å². The van der Waals surface area contributed by atoms with E-state index in [0.29, 0.717) is 16.4 Å². The van der Waals surface area contributed by atoms with Gasteiger partial charge in [-0.2, -0.15) is 0 Å². The summed E-state index contributed by atoms with van der Waals surface area (Å²) >= 11 is 0. The molecule has 2 N–H and O–H groups in total. The van der Waals surface area contributed by atoms with Crippen LogP contribution in [0.5, 0.6) is 0 Å². The van der Waals surface area contributed by atoms with Gasteiger partial charge in [0.05, 0.1) is 4.92 Å². The van der Waals surface area contributed by atoms with Crippen LogP contribution in [0.15, 0.2) is 29.2 Å². The summed E-state index contributed by atoms with van der Waals surface area (Å²) in [6.45, 7) is -0.783. The van der Waals surface area contributed by atoms with E-state index < -0.39 is 21.4 Å². The van der Waals surface area contributed by atoms with E-state index in [9.17, 15) is 24.5 Å². The van der Waals surface area contributed by atoms with E-state index >= 15 is 0 Å². The molecule has 102 valence electrons. The molecule has 0 aliphatic carbocycles. The van der Waals surface area contributed by atoms with Crippen molar-refractivity contribution in [3.05, 3.63) is 34.4 Å². The van der Waals surface area contributed by atoms with Crippen LogP contribution < -0.4 is 0 Å². The Morgan fingerprint density at radius 3 is 1.94 bits per heavy atom. The average molecular weight is 293 g/mol. The number of rotatable bonds is 5. The Kier molecular flexibility index (Phi) is 4.55. The Balaban J connectivity index is 3.32. The molecule has 0 unspecified atom stereocenters. The lowest BCUT2D eigenvalue weighted by Gasteiger charge is -2.38. The molecule has 1 aromatic carbocycles. The lowest BCUT2D eigenvalue weighted by molar-refractivity contribution is -0.384. The fourth-order valence-electron chi connectivity index (χ4n) is 1.83. The summed E-state index contributed by atoms with van der Waals surface area (Å²) < 4.78 is 11.7. The third-order valence-corrected chi connectivity index (χ3v) is 11.8. The minimum atomic E-state index is -4.25. The summed E-state index contributed by atoms with van der Waals surface area (Å²) in [6, 6.07) is 5.50. The van der Waals surface area contributed by atoms with Gasteiger partial charge in [0, 0.05) is 17.0 Å². The molecule has 1 aromatic rings. The Morgan fingerprint density at radius 1 is 1.22 bits per heavy atom. The predicted molar refractivity (Wildman–Crippen MR) is 72.1 cm³/mol. The van der Waals surface area contributed by atoms with Crippen LogP contribution in [0.3, 0.4) is 0 Å². The molecule has 0 spiro atoms. The minimum absolute atomic E-state index is 0.0787. The highest BCUT2D eigenvalue weighted by molar-refractivity contribution is 8.76. The molecule has 0 saturated carbocycles. The summed E-state index contributed by atoms with van der Waals surface area (Å²) in [5.74, 6) is 0.706. The van der Waals surface area contributed by atoms with Crippen molar-refractivity contribution in [2.75, 3.05) is 11.5 Å². The normalized spacial score (nSPS) is 13.3. The minimum Gasteiger partial charge on any atom is -0.317 e. The van der Waals surface area contributed by atoms with Crippen LogP contribution in [0, 0.1) is 10.1 Å². The second-order valence-corrected chi connectivity index (χ2v) is 11.5. The van der Waals surface area contributed by atoms with E-state index in [1.807, 2.05) is 0 Å². The highest BCUT2D eigenvalue weighted by atomic mass is 32.8. The zero-order valence-corrected chi connectivity index (χ0v) is 11.9. The van der Waals surface area contributed by atoms with Gasteiger partial charge < -0.3 is 9.79 Å². The fourth-order valence-corrected chi connectivity index (χ4v) is 7.70. The number of hydrogen-bond donors (Lipinski definition) is 2. The topological polar surface area (TPSA) is 101 Å². The fraction of sp³-hybridized carbons (Fsp3) is 0.400. The van der Waals surface area contributed by atoms with Crippen LogP contribution in [0.2, 0.25) is 0 Å². The van der Waals surface area contributed by atoms with Crippen molar-refractivity contribution in [1.29, 1.82) is 0 Å². The van der Waals surface area contributed by atoms with Gasteiger partial charge in [-0.3, -0.25) is 10.1 Å². The first-order valence-electron chi connectivity index (χ1n) is 5.37. The summed E-state index contributed by atoms with van der Waals surface area (Å²) in [5, 5.41) is 10.6. The first-order chi connectivity index (χ1) is 8.28. The number of hydrogen-bond acceptors (Lipinski definition) is 3. The lowest BCUT2D eigenvalue weighted by Crippen LogP contribution is -2.07. The molecule has 8 heteroatoms. The lowest BCUT2D eigenvalue weighted by atomic mass is 10.3. The average Bonchev–Trinajstić information content (AvgIpc) is 2.30. The summed E-state index contributed by atoms with van der Waals surface area (Å²) in [4.78, 5) is 29.7. The molecule has 0 bridgehead atoms. The van der Waals surface area contributed by atoms with Crippen LogP contribution >= 0.6 is 16.4 Å². The number of nitro benzene ring substituents is 1. The van der Waals surface area contributed by atoms with Crippen LogP contribution in [0.25, 0.3) is 0 Å². The van der Waals surface area contributed by atoms with E-state index in [1.165, 1.54) is 24.3 Å². The van der Waals surface area contributed by atoms with Gasteiger partial charge in [-0.1, -0.05) is 13.8 Å². The molecule has 0 aromatic heterocycles. The van der Waals surface area contributed by atoms with E-state index in [1.54, 1.807) is 13.8 Å². The maximum absolute atomic E-state index is 11.7. The van der Waals surface area contributed by atoms with E-state index in [-0.39, 0.29) is 5.69 Å². The van der Waals surface area contributed by atoms with Crippen molar-refractivity contribution >= 4 is 22.1 Å². The number of non-ortho nitro benzene ring substituents is 1. The van der Waals surface area contributed by atoms with Crippen LogP contribution in [-0.4, -0.2) is 26.2 Å². The van der Waals surface area contributed by atoms with Crippen molar-refractivity contribution in [3.8, 4) is 0 Å². The zero-order valence-electron chi connectivity index (χ0n) is 10.1. The quantitative estimate of drug-likeness (QED) is 0.494. The number of benzene rings is 1. The standard InChI is InChI=1S/C10H16NO5PS/c1-3-18(4-2,17(14,15)16)10-7-5-9(6-8-10)11(12)13/h5-8H,3-4H2,1-2H3,(H2,14,15,16). The largest absolute Gasteiger partial charge is 0.370 e. The summed E-state index contributed by atoms with van der Waals surface area (Å²) in [7, 11) is -2.27. The van der Waals surface area contributed by atoms with E-state index in [2.05, 4.69) is 0 Å². The number of nitrogens with zero attached hydrogens (tertiary/aromatic N) is 1.